The molecule has 0 radical (unpaired) electrons. The maximum Gasteiger partial charge on any atom is 0.0309 e. The van der Waals surface area contributed by atoms with Crippen molar-refractivity contribution in [2.75, 3.05) is 19.6 Å². The highest BCUT2D eigenvalue weighted by atomic mass is 15.2. The second-order valence-electron chi connectivity index (χ2n) is 6.48. The molecular weight excluding hydrogens is 208 g/mol. The van der Waals surface area contributed by atoms with Crippen molar-refractivity contribution in [2.24, 2.45) is 5.92 Å². The van der Waals surface area contributed by atoms with Crippen LogP contribution in [0.25, 0.3) is 0 Å². The molecule has 2 unspecified atom stereocenters. The van der Waals surface area contributed by atoms with Crippen molar-refractivity contribution in [3.05, 3.63) is 0 Å². The van der Waals surface area contributed by atoms with Crippen LogP contribution in [0.5, 0.6) is 0 Å². The van der Waals surface area contributed by atoms with Crippen molar-refractivity contribution in [3.63, 3.8) is 0 Å². The van der Waals surface area contributed by atoms with Gasteiger partial charge in [-0.3, -0.25) is 4.90 Å². The molecule has 0 bridgehead atoms. The van der Waals surface area contributed by atoms with Gasteiger partial charge in [0.2, 0.25) is 0 Å². The van der Waals surface area contributed by atoms with Crippen LogP contribution in [0.1, 0.15) is 59.3 Å². The van der Waals surface area contributed by atoms with Crippen LogP contribution in [0, 0.1) is 5.92 Å². The van der Waals surface area contributed by atoms with Crippen LogP contribution in [0.4, 0.5) is 0 Å². The van der Waals surface area contributed by atoms with Gasteiger partial charge in [-0.05, 0) is 51.1 Å². The Morgan fingerprint density at radius 1 is 1.35 bits per heavy atom. The van der Waals surface area contributed by atoms with Gasteiger partial charge < -0.3 is 5.32 Å². The van der Waals surface area contributed by atoms with E-state index in [1.165, 1.54) is 58.2 Å². The molecule has 0 saturated carbocycles. The smallest absolute Gasteiger partial charge is 0.0309 e. The van der Waals surface area contributed by atoms with E-state index < -0.39 is 0 Å². The fourth-order valence-electron chi connectivity index (χ4n) is 3.97. The fraction of sp³-hybridized carbons (Fsp3) is 1.00. The van der Waals surface area contributed by atoms with Crippen LogP contribution in [0.2, 0.25) is 0 Å². The van der Waals surface area contributed by atoms with Gasteiger partial charge in [0, 0.05) is 18.1 Å². The highest BCUT2D eigenvalue weighted by molar-refractivity contribution is 4.97. The topological polar surface area (TPSA) is 15.3 Å². The number of nitrogens with one attached hydrogen (secondary N) is 1. The Kier molecular flexibility index (Phi) is 4.48. The van der Waals surface area contributed by atoms with Gasteiger partial charge >= 0.3 is 0 Å². The lowest BCUT2D eigenvalue weighted by Crippen LogP contribution is -2.51. The average molecular weight is 238 g/mol. The Morgan fingerprint density at radius 2 is 2.18 bits per heavy atom. The molecule has 2 heteroatoms. The van der Waals surface area contributed by atoms with Crippen molar-refractivity contribution in [3.8, 4) is 0 Å². The van der Waals surface area contributed by atoms with Gasteiger partial charge in [0.25, 0.3) is 0 Å². The molecule has 2 heterocycles. The van der Waals surface area contributed by atoms with Crippen molar-refractivity contribution in [2.45, 2.75) is 70.9 Å². The average Bonchev–Trinajstić information content (AvgIpc) is 2.89. The molecule has 2 saturated heterocycles. The molecule has 0 spiro atoms. The quantitative estimate of drug-likeness (QED) is 0.792. The zero-order valence-corrected chi connectivity index (χ0v) is 12.0. The molecule has 17 heavy (non-hydrogen) atoms. The third kappa shape index (κ3) is 3.03. The zero-order valence-electron chi connectivity index (χ0n) is 12.0. The van der Waals surface area contributed by atoms with Crippen molar-refractivity contribution >= 4 is 0 Å². The Labute approximate surface area is 107 Å². The van der Waals surface area contributed by atoms with E-state index in [9.17, 15) is 0 Å². The normalized spacial score (nSPS) is 34.9. The first-order valence-electron chi connectivity index (χ1n) is 7.66. The summed E-state index contributed by atoms with van der Waals surface area (Å²) in [7, 11) is 0. The Bertz CT molecular complexity index is 231. The summed E-state index contributed by atoms with van der Waals surface area (Å²) in [6.07, 6.45) is 8.26. The molecule has 100 valence electrons. The molecule has 0 aromatic carbocycles. The van der Waals surface area contributed by atoms with E-state index in [1.807, 2.05) is 0 Å². The Balaban J connectivity index is 1.97. The first-order chi connectivity index (χ1) is 8.17. The molecule has 2 aliphatic rings. The second-order valence-corrected chi connectivity index (χ2v) is 6.48. The minimum Gasteiger partial charge on any atom is -0.310 e. The van der Waals surface area contributed by atoms with Crippen LogP contribution in [0.15, 0.2) is 0 Å². The molecule has 0 aromatic rings. The molecule has 2 aliphatic heterocycles. The summed E-state index contributed by atoms with van der Waals surface area (Å²) in [5.74, 6) is 0.817. The van der Waals surface area contributed by atoms with E-state index in [1.54, 1.807) is 0 Å². The Hall–Kier alpha value is -0.0800. The summed E-state index contributed by atoms with van der Waals surface area (Å²) in [4.78, 5) is 2.78. The summed E-state index contributed by atoms with van der Waals surface area (Å²) < 4.78 is 0. The maximum absolute atomic E-state index is 3.82. The zero-order chi connectivity index (χ0) is 12.3. The summed E-state index contributed by atoms with van der Waals surface area (Å²) in [5.41, 5.74) is 0.451. The summed E-state index contributed by atoms with van der Waals surface area (Å²) >= 11 is 0. The molecule has 0 amide bonds. The van der Waals surface area contributed by atoms with Crippen molar-refractivity contribution in [1.29, 1.82) is 0 Å². The molecule has 2 nitrogen and oxygen atoms in total. The predicted octanol–water partition coefficient (Wildman–Crippen LogP) is 3.03. The van der Waals surface area contributed by atoms with E-state index in [0.717, 1.165) is 12.0 Å². The highest BCUT2D eigenvalue weighted by Gasteiger charge is 2.38. The largest absolute Gasteiger partial charge is 0.310 e. The van der Waals surface area contributed by atoms with Crippen molar-refractivity contribution in [1.82, 2.24) is 10.2 Å². The number of rotatable bonds is 5. The van der Waals surface area contributed by atoms with Crippen LogP contribution < -0.4 is 5.32 Å². The minimum absolute atomic E-state index is 0.451. The molecule has 2 fully saturated rings. The van der Waals surface area contributed by atoms with Gasteiger partial charge in [-0.2, -0.15) is 0 Å². The standard InChI is InChI=1S/C15H30N2/c1-4-8-15(9-6-10-16-15)12-17-11-5-7-14(17)13(2)3/h13-14,16H,4-12H2,1-3H3. The van der Waals surface area contributed by atoms with Crippen LogP contribution in [-0.2, 0) is 0 Å². The lowest BCUT2D eigenvalue weighted by Gasteiger charge is -2.38. The van der Waals surface area contributed by atoms with Gasteiger partial charge in [0.15, 0.2) is 0 Å². The molecule has 2 rings (SSSR count). The maximum atomic E-state index is 3.82. The molecular formula is C15H30N2. The summed E-state index contributed by atoms with van der Waals surface area (Å²) in [6, 6.07) is 0.839. The van der Waals surface area contributed by atoms with E-state index in [2.05, 4.69) is 31.0 Å². The summed E-state index contributed by atoms with van der Waals surface area (Å²) in [6.45, 7) is 11.0. The lowest BCUT2D eigenvalue weighted by atomic mass is 9.90. The van der Waals surface area contributed by atoms with Gasteiger partial charge in [-0.25, -0.2) is 0 Å². The number of nitrogens with zero attached hydrogens (tertiary/aromatic N) is 1. The van der Waals surface area contributed by atoms with Gasteiger partial charge in [0.05, 0.1) is 0 Å². The highest BCUT2D eigenvalue weighted by Crippen LogP contribution is 2.31. The summed E-state index contributed by atoms with van der Waals surface area (Å²) in [5, 5.41) is 3.82. The molecule has 1 N–H and O–H groups in total. The number of likely N-dealkylation sites (tertiary alicyclic amines) is 1. The Morgan fingerprint density at radius 3 is 2.76 bits per heavy atom. The molecule has 2 atom stereocenters. The third-order valence-electron chi connectivity index (χ3n) is 4.75. The third-order valence-corrected chi connectivity index (χ3v) is 4.75. The lowest BCUT2D eigenvalue weighted by molar-refractivity contribution is 0.145. The van der Waals surface area contributed by atoms with Crippen LogP contribution in [0.3, 0.4) is 0 Å². The first kappa shape index (κ1) is 13.4. The number of hydrogen-bond donors (Lipinski definition) is 1. The SMILES string of the molecule is CCCC1(CN2CCCC2C(C)C)CCCN1. The van der Waals surface area contributed by atoms with E-state index >= 15 is 0 Å². The molecule has 0 aliphatic carbocycles. The monoisotopic (exact) mass is 238 g/mol. The van der Waals surface area contributed by atoms with E-state index in [4.69, 9.17) is 0 Å². The minimum atomic E-state index is 0.451. The van der Waals surface area contributed by atoms with Gasteiger partial charge in [0.1, 0.15) is 0 Å². The van der Waals surface area contributed by atoms with Gasteiger partial charge in [-0.1, -0.05) is 27.2 Å². The van der Waals surface area contributed by atoms with E-state index in [-0.39, 0.29) is 0 Å². The molecule has 0 aromatic heterocycles. The van der Waals surface area contributed by atoms with Crippen LogP contribution in [-0.4, -0.2) is 36.1 Å². The van der Waals surface area contributed by atoms with Gasteiger partial charge in [-0.15, -0.1) is 0 Å². The fourth-order valence-corrected chi connectivity index (χ4v) is 3.97. The first-order valence-corrected chi connectivity index (χ1v) is 7.66. The second kappa shape index (κ2) is 5.71. The van der Waals surface area contributed by atoms with E-state index in [0.29, 0.717) is 5.54 Å². The van der Waals surface area contributed by atoms with Crippen molar-refractivity contribution < 1.29 is 0 Å². The predicted molar refractivity (Wildman–Crippen MR) is 74.3 cm³/mol. The van der Waals surface area contributed by atoms with Crippen LogP contribution >= 0.6 is 0 Å². The number of hydrogen-bond acceptors (Lipinski definition) is 2.